The van der Waals surface area contributed by atoms with Crippen LogP contribution in [0.15, 0.2) is 24.3 Å². The summed E-state index contributed by atoms with van der Waals surface area (Å²) in [6.07, 6.45) is 1.61. The Morgan fingerprint density at radius 3 is 2.33 bits per heavy atom. The first-order chi connectivity index (χ1) is 8.58. The number of carbonyl (C=O) groups is 1. The van der Waals surface area contributed by atoms with Crippen molar-refractivity contribution in [2.45, 2.75) is 19.8 Å². The Bertz CT molecular complexity index is 447. The highest BCUT2D eigenvalue weighted by Crippen LogP contribution is 2.19. The number of hydrogen-bond donors (Lipinski definition) is 1. The van der Waals surface area contributed by atoms with Gasteiger partial charge in [0.25, 0.3) is 0 Å². The molecule has 0 radical (unpaired) electrons. The summed E-state index contributed by atoms with van der Waals surface area (Å²) >= 11 is 5.50. The van der Waals surface area contributed by atoms with E-state index in [0.29, 0.717) is 0 Å². The van der Waals surface area contributed by atoms with Crippen molar-refractivity contribution in [3.8, 4) is 0 Å². The van der Waals surface area contributed by atoms with E-state index in [0.717, 1.165) is 36.5 Å². The molecule has 1 fully saturated rings. The maximum absolute atomic E-state index is 11.1. The number of aryl methyl sites for hydroxylation is 1. The Balaban J connectivity index is 1.99. The normalized spacial score (nSPS) is 16.6. The monoisotopic (exact) mass is 262 g/mol. The lowest BCUT2D eigenvalue weighted by molar-refractivity contribution is -0.122. The van der Waals surface area contributed by atoms with Crippen LogP contribution in [0.4, 0.5) is 0 Å². The number of amides is 1. The second-order valence-corrected chi connectivity index (χ2v) is 5.22. The molecule has 1 aromatic carbocycles. The smallest absolute Gasteiger partial charge is 0.220 e. The molecule has 1 heterocycles. The molecule has 1 amide bonds. The van der Waals surface area contributed by atoms with Gasteiger partial charge in [-0.25, -0.2) is 0 Å². The molecule has 18 heavy (non-hydrogen) atoms. The van der Waals surface area contributed by atoms with E-state index in [4.69, 9.17) is 18.0 Å². The molecule has 1 aliphatic heterocycles. The number of likely N-dealkylation sites (tertiary alicyclic amines) is 1. The van der Waals surface area contributed by atoms with Gasteiger partial charge in [-0.2, -0.15) is 0 Å². The van der Waals surface area contributed by atoms with Crippen molar-refractivity contribution in [3.05, 3.63) is 35.4 Å². The lowest BCUT2D eigenvalue weighted by atomic mass is 9.96. The van der Waals surface area contributed by atoms with E-state index in [2.05, 4.69) is 36.1 Å². The minimum atomic E-state index is -0.184. The molecule has 0 bridgehead atoms. The van der Waals surface area contributed by atoms with Gasteiger partial charge in [-0.15, -0.1) is 0 Å². The molecule has 0 saturated carbocycles. The van der Waals surface area contributed by atoms with Crippen LogP contribution in [0.5, 0.6) is 0 Å². The summed E-state index contributed by atoms with van der Waals surface area (Å²) < 4.78 is 0. The molecular formula is C14H18N2OS. The molecule has 4 heteroatoms. The molecule has 1 saturated heterocycles. The summed E-state index contributed by atoms with van der Waals surface area (Å²) in [5, 5.41) is 0. The first kappa shape index (κ1) is 13.0. The summed E-state index contributed by atoms with van der Waals surface area (Å²) in [4.78, 5) is 14.1. The fourth-order valence-corrected chi connectivity index (χ4v) is 2.56. The topological polar surface area (TPSA) is 46.3 Å². The highest BCUT2D eigenvalue weighted by atomic mass is 32.1. The van der Waals surface area contributed by atoms with Crippen LogP contribution in [0.2, 0.25) is 0 Å². The third-order valence-corrected chi connectivity index (χ3v) is 3.98. The summed E-state index contributed by atoms with van der Waals surface area (Å²) in [5.74, 6) is -0.169. The van der Waals surface area contributed by atoms with Crippen LogP contribution >= 0.6 is 12.2 Å². The lowest BCUT2D eigenvalue weighted by Crippen LogP contribution is -2.41. The molecule has 3 nitrogen and oxygen atoms in total. The van der Waals surface area contributed by atoms with Crippen molar-refractivity contribution in [3.63, 3.8) is 0 Å². The largest absolute Gasteiger partial charge is 0.369 e. The van der Waals surface area contributed by atoms with E-state index in [9.17, 15) is 4.79 Å². The fraction of sp³-hybridized carbons (Fsp3) is 0.429. The Morgan fingerprint density at radius 1 is 1.28 bits per heavy atom. The Hall–Kier alpha value is -1.42. The van der Waals surface area contributed by atoms with E-state index in [-0.39, 0.29) is 11.8 Å². The number of rotatable bonds is 2. The van der Waals surface area contributed by atoms with Crippen LogP contribution < -0.4 is 5.73 Å². The second-order valence-electron chi connectivity index (χ2n) is 4.83. The number of benzene rings is 1. The second kappa shape index (κ2) is 5.48. The molecular weight excluding hydrogens is 244 g/mol. The molecule has 0 spiro atoms. The molecule has 1 aromatic rings. The average molecular weight is 262 g/mol. The molecule has 96 valence electrons. The molecule has 0 aromatic heterocycles. The van der Waals surface area contributed by atoms with Crippen LogP contribution in [0.3, 0.4) is 0 Å². The number of nitrogens with two attached hydrogens (primary N) is 1. The van der Waals surface area contributed by atoms with Gasteiger partial charge in [0.15, 0.2) is 0 Å². The van der Waals surface area contributed by atoms with Gasteiger partial charge >= 0.3 is 0 Å². The zero-order valence-corrected chi connectivity index (χ0v) is 11.4. The van der Waals surface area contributed by atoms with Crippen molar-refractivity contribution in [1.82, 2.24) is 4.90 Å². The Labute approximate surface area is 113 Å². The predicted molar refractivity (Wildman–Crippen MR) is 76.4 cm³/mol. The van der Waals surface area contributed by atoms with E-state index in [1.54, 1.807) is 0 Å². The molecule has 0 aliphatic carbocycles. The van der Waals surface area contributed by atoms with Crippen molar-refractivity contribution < 1.29 is 4.79 Å². The average Bonchev–Trinajstić information content (AvgIpc) is 2.39. The highest BCUT2D eigenvalue weighted by Gasteiger charge is 2.24. The lowest BCUT2D eigenvalue weighted by Gasteiger charge is -2.32. The Morgan fingerprint density at radius 2 is 1.83 bits per heavy atom. The molecule has 1 aliphatic rings. The highest BCUT2D eigenvalue weighted by molar-refractivity contribution is 7.80. The summed E-state index contributed by atoms with van der Waals surface area (Å²) in [6.45, 7) is 3.70. The molecule has 0 unspecified atom stereocenters. The first-order valence-corrected chi connectivity index (χ1v) is 6.64. The van der Waals surface area contributed by atoms with Crippen LogP contribution in [0.1, 0.15) is 24.0 Å². The zero-order valence-electron chi connectivity index (χ0n) is 10.6. The van der Waals surface area contributed by atoms with E-state index in [1.807, 2.05) is 0 Å². The number of hydrogen-bond acceptors (Lipinski definition) is 2. The third kappa shape index (κ3) is 2.88. The minimum Gasteiger partial charge on any atom is -0.369 e. The van der Waals surface area contributed by atoms with Crippen LogP contribution in [0.25, 0.3) is 0 Å². The number of primary amides is 1. The van der Waals surface area contributed by atoms with Crippen molar-refractivity contribution in [1.29, 1.82) is 0 Å². The van der Waals surface area contributed by atoms with E-state index < -0.39 is 0 Å². The van der Waals surface area contributed by atoms with E-state index >= 15 is 0 Å². The first-order valence-electron chi connectivity index (χ1n) is 6.23. The van der Waals surface area contributed by atoms with E-state index in [1.165, 1.54) is 5.56 Å². The summed E-state index contributed by atoms with van der Waals surface area (Å²) in [7, 11) is 0. The SMILES string of the molecule is Cc1ccc(C(=S)N2CCC(C(N)=O)CC2)cc1. The summed E-state index contributed by atoms with van der Waals surface area (Å²) in [5.41, 5.74) is 7.63. The maximum Gasteiger partial charge on any atom is 0.220 e. The van der Waals surface area contributed by atoms with Gasteiger partial charge in [-0.05, 0) is 19.8 Å². The van der Waals surface area contributed by atoms with Crippen molar-refractivity contribution in [2.75, 3.05) is 13.1 Å². The van der Waals surface area contributed by atoms with Crippen molar-refractivity contribution in [2.24, 2.45) is 11.7 Å². The molecule has 2 rings (SSSR count). The van der Waals surface area contributed by atoms with Crippen molar-refractivity contribution >= 4 is 23.1 Å². The van der Waals surface area contributed by atoms with Gasteiger partial charge in [-0.3, -0.25) is 4.79 Å². The zero-order chi connectivity index (χ0) is 13.1. The van der Waals surface area contributed by atoms with Gasteiger partial charge in [-0.1, -0.05) is 42.0 Å². The van der Waals surface area contributed by atoms with Crippen LogP contribution in [-0.2, 0) is 4.79 Å². The number of nitrogens with zero attached hydrogens (tertiary/aromatic N) is 1. The summed E-state index contributed by atoms with van der Waals surface area (Å²) in [6, 6.07) is 8.24. The number of thiocarbonyl (C=S) groups is 1. The molecule has 0 atom stereocenters. The van der Waals surface area contributed by atoms with Gasteiger partial charge in [0.1, 0.15) is 4.99 Å². The number of piperidine rings is 1. The fourth-order valence-electron chi connectivity index (χ4n) is 2.25. The van der Waals surface area contributed by atoms with Gasteiger partial charge in [0.2, 0.25) is 5.91 Å². The molecule has 2 N–H and O–H groups in total. The predicted octanol–water partition coefficient (Wildman–Crippen LogP) is 1.87. The minimum absolute atomic E-state index is 0.0158. The standard InChI is InChI=1S/C14H18N2OS/c1-10-2-4-12(5-3-10)14(18)16-8-6-11(7-9-16)13(15)17/h2-5,11H,6-9H2,1H3,(H2,15,17). The van der Waals surface area contributed by atoms with Gasteiger partial charge in [0.05, 0.1) is 0 Å². The third-order valence-electron chi connectivity index (χ3n) is 3.48. The maximum atomic E-state index is 11.1. The van der Waals surface area contributed by atoms with Crippen LogP contribution in [-0.4, -0.2) is 28.9 Å². The quantitative estimate of drug-likeness (QED) is 0.828. The van der Waals surface area contributed by atoms with Gasteiger partial charge in [0, 0.05) is 24.6 Å². The van der Waals surface area contributed by atoms with Crippen LogP contribution in [0, 0.1) is 12.8 Å². The van der Waals surface area contributed by atoms with Gasteiger partial charge < -0.3 is 10.6 Å². The Kier molecular flexibility index (Phi) is 3.97. The number of carbonyl (C=O) groups excluding carboxylic acids is 1.